The first-order valence-corrected chi connectivity index (χ1v) is 9.95. The zero-order valence-corrected chi connectivity index (χ0v) is 15.7. The van der Waals surface area contributed by atoms with Gasteiger partial charge in [0.1, 0.15) is 12.0 Å². The maximum atomic E-state index is 12.7. The number of amides is 1. The summed E-state index contributed by atoms with van der Waals surface area (Å²) in [5.74, 6) is 1.13. The fourth-order valence-electron chi connectivity index (χ4n) is 4.02. The summed E-state index contributed by atoms with van der Waals surface area (Å²) in [7, 11) is 0. The van der Waals surface area contributed by atoms with Gasteiger partial charge in [0, 0.05) is 19.1 Å². The van der Waals surface area contributed by atoms with Crippen LogP contribution in [0.25, 0.3) is 0 Å². The maximum Gasteiger partial charge on any atom is 0.275 e. The Balaban J connectivity index is 1.28. The van der Waals surface area contributed by atoms with Gasteiger partial charge in [-0.1, -0.05) is 24.6 Å². The zero-order valence-electron chi connectivity index (χ0n) is 15.7. The summed E-state index contributed by atoms with van der Waals surface area (Å²) in [6, 6.07) is 10.1. The minimum Gasteiger partial charge on any atom is -0.484 e. The third kappa shape index (κ3) is 4.50. The molecular formula is C21H27N3O3. The molecule has 1 aromatic carbocycles. The van der Waals surface area contributed by atoms with Crippen LogP contribution in [0.4, 0.5) is 0 Å². The highest BCUT2D eigenvalue weighted by molar-refractivity contribution is 5.92. The summed E-state index contributed by atoms with van der Waals surface area (Å²) in [5.41, 5.74) is 0.373. The van der Waals surface area contributed by atoms with E-state index in [4.69, 9.17) is 9.15 Å². The lowest BCUT2D eigenvalue weighted by Crippen LogP contribution is -2.48. The molecule has 4 rings (SSSR count). The molecule has 0 bridgehead atoms. The molecule has 2 aliphatic heterocycles. The average Bonchev–Trinajstić information content (AvgIpc) is 3.22. The highest BCUT2D eigenvalue weighted by atomic mass is 16.5. The van der Waals surface area contributed by atoms with Crippen LogP contribution in [0.1, 0.15) is 48.5 Å². The molecule has 2 aromatic rings. The predicted octanol–water partition coefficient (Wildman–Crippen LogP) is 3.34. The van der Waals surface area contributed by atoms with E-state index in [1.165, 1.54) is 38.6 Å². The van der Waals surface area contributed by atoms with Crippen LogP contribution >= 0.6 is 0 Å². The summed E-state index contributed by atoms with van der Waals surface area (Å²) in [6.07, 6.45) is 7.53. The molecule has 0 spiro atoms. The summed E-state index contributed by atoms with van der Waals surface area (Å²) in [4.78, 5) is 21.5. The SMILES string of the molecule is O=C(c1coc(COc2ccccc2)n1)N1CCC(N2CCCCC2)CC1. The zero-order chi connectivity index (χ0) is 18.5. The van der Waals surface area contributed by atoms with Gasteiger partial charge in [0.25, 0.3) is 5.91 Å². The van der Waals surface area contributed by atoms with Crippen LogP contribution < -0.4 is 4.74 Å². The summed E-state index contributed by atoms with van der Waals surface area (Å²) >= 11 is 0. The van der Waals surface area contributed by atoms with Gasteiger partial charge in [0.2, 0.25) is 5.89 Å². The van der Waals surface area contributed by atoms with Crippen molar-refractivity contribution in [3.05, 3.63) is 48.2 Å². The Morgan fingerprint density at radius 2 is 1.81 bits per heavy atom. The Hall–Kier alpha value is -2.34. The van der Waals surface area contributed by atoms with Crippen LogP contribution in [0.3, 0.4) is 0 Å². The van der Waals surface area contributed by atoms with Crippen LogP contribution in [-0.2, 0) is 6.61 Å². The predicted molar refractivity (Wildman–Crippen MR) is 102 cm³/mol. The molecule has 2 saturated heterocycles. The molecule has 1 amide bonds. The monoisotopic (exact) mass is 369 g/mol. The maximum absolute atomic E-state index is 12.7. The number of para-hydroxylation sites is 1. The molecule has 0 unspecified atom stereocenters. The number of benzene rings is 1. The van der Waals surface area contributed by atoms with E-state index in [1.807, 2.05) is 35.2 Å². The Labute approximate surface area is 160 Å². The molecule has 0 N–H and O–H groups in total. The topological polar surface area (TPSA) is 58.8 Å². The average molecular weight is 369 g/mol. The lowest BCUT2D eigenvalue weighted by atomic mass is 10.00. The second-order valence-corrected chi connectivity index (χ2v) is 7.35. The normalized spacial score (nSPS) is 19.2. The van der Waals surface area contributed by atoms with Gasteiger partial charge in [0.15, 0.2) is 12.3 Å². The van der Waals surface area contributed by atoms with E-state index in [-0.39, 0.29) is 12.5 Å². The minimum absolute atomic E-state index is 0.0400. The molecule has 3 heterocycles. The standard InChI is InChI=1S/C21H27N3O3/c25-21(24-13-9-17(10-14-24)23-11-5-2-6-12-23)19-15-27-20(22-19)16-26-18-7-3-1-4-8-18/h1,3-4,7-8,15,17H,2,5-6,9-14,16H2. The van der Waals surface area contributed by atoms with Crippen LogP contribution in [0.15, 0.2) is 41.0 Å². The highest BCUT2D eigenvalue weighted by Crippen LogP contribution is 2.22. The smallest absolute Gasteiger partial charge is 0.275 e. The van der Waals surface area contributed by atoms with E-state index < -0.39 is 0 Å². The molecule has 0 aliphatic carbocycles. The molecule has 0 radical (unpaired) electrons. The van der Waals surface area contributed by atoms with Crippen molar-refractivity contribution in [1.82, 2.24) is 14.8 Å². The van der Waals surface area contributed by atoms with Crippen molar-refractivity contribution in [3.8, 4) is 5.75 Å². The van der Waals surface area contributed by atoms with Crippen LogP contribution in [0.5, 0.6) is 5.75 Å². The van der Waals surface area contributed by atoms with Crippen LogP contribution in [0.2, 0.25) is 0 Å². The van der Waals surface area contributed by atoms with E-state index in [9.17, 15) is 4.79 Å². The highest BCUT2D eigenvalue weighted by Gasteiger charge is 2.29. The van der Waals surface area contributed by atoms with Crippen molar-refractivity contribution in [1.29, 1.82) is 0 Å². The molecule has 0 saturated carbocycles. The largest absolute Gasteiger partial charge is 0.484 e. The van der Waals surface area contributed by atoms with Gasteiger partial charge in [-0.25, -0.2) is 4.98 Å². The number of nitrogens with zero attached hydrogens (tertiary/aromatic N) is 3. The second-order valence-electron chi connectivity index (χ2n) is 7.35. The van der Waals surface area contributed by atoms with Crippen molar-refractivity contribution in [2.24, 2.45) is 0 Å². The van der Waals surface area contributed by atoms with Gasteiger partial charge in [0.05, 0.1) is 0 Å². The number of likely N-dealkylation sites (tertiary alicyclic amines) is 2. The summed E-state index contributed by atoms with van der Waals surface area (Å²) in [6.45, 7) is 4.24. The van der Waals surface area contributed by atoms with Gasteiger partial charge in [-0.2, -0.15) is 0 Å². The fourth-order valence-corrected chi connectivity index (χ4v) is 4.02. The van der Waals surface area contributed by atoms with E-state index in [2.05, 4.69) is 9.88 Å². The van der Waals surface area contributed by atoms with Gasteiger partial charge in [-0.3, -0.25) is 4.79 Å². The Bertz CT molecular complexity index is 732. The fraction of sp³-hybridized carbons (Fsp3) is 0.524. The first-order chi connectivity index (χ1) is 13.3. The van der Waals surface area contributed by atoms with Gasteiger partial charge in [-0.05, 0) is 50.9 Å². The molecule has 2 fully saturated rings. The van der Waals surface area contributed by atoms with Crippen LogP contribution in [0, 0.1) is 0 Å². The Morgan fingerprint density at radius 1 is 1.07 bits per heavy atom. The lowest BCUT2D eigenvalue weighted by molar-refractivity contribution is 0.0584. The van der Waals surface area contributed by atoms with Crippen LogP contribution in [-0.4, -0.2) is 52.9 Å². The number of ether oxygens (including phenoxy) is 1. The van der Waals surface area contributed by atoms with E-state index in [0.717, 1.165) is 31.7 Å². The molecule has 6 heteroatoms. The molecule has 144 valence electrons. The van der Waals surface area contributed by atoms with Crippen molar-refractivity contribution < 1.29 is 13.9 Å². The Morgan fingerprint density at radius 3 is 2.56 bits per heavy atom. The van der Waals surface area contributed by atoms with Crippen molar-refractivity contribution in [2.75, 3.05) is 26.2 Å². The molecule has 0 atom stereocenters. The lowest BCUT2D eigenvalue weighted by Gasteiger charge is -2.40. The number of oxazole rings is 1. The molecular weight excluding hydrogens is 342 g/mol. The number of carbonyl (C=O) groups excluding carboxylic acids is 1. The molecule has 1 aromatic heterocycles. The van der Waals surface area contributed by atoms with Gasteiger partial charge >= 0.3 is 0 Å². The van der Waals surface area contributed by atoms with Crippen molar-refractivity contribution >= 4 is 5.91 Å². The summed E-state index contributed by atoms with van der Waals surface area (Å²) < 4.78 is 11.0. The number of hydrogen-bond acceptors (Lipinski definition) is 5. The number of hydrogen-bond donors (Lipinski definition) is 0. The third-order valence-electron chi connectivity index (χ3n) is 5.54. The number of rotatable bonds is 5. The van der Waals surface area contributed by atoms with E-state index in [0.29, 0.717) is 17.6 Å². The number of carbonyl (C=O) groups is 1. The minimum atomic E-state index is -0.0400. The first kappa shape index (κ1) is 18.0. The van der Waals surface area contributed by atoms with E-state index in [1.54, 1.807) is 0 Å². The second kappa shape index (κ2) is 8.57. The Kier molecular flexibility index (Phi) is 5.72. The molecule has 6 nitrogen and oxygen atoms in total. The molecule has 27 heavy (non-hydrogen) atoms. The van der Waals surface area contributed by atoms with Gasteiger partial charge in [-0.15, -0.1) is 0 Å². The summed E-state index contributed by atoms with van der Waals surface area (Å²) in [5, 5.41) is 0. The van der Waals surface area contributed by atoms with E-state index >= 15 is 0 Å². The molecule has 2 aliphatic rings. The van der Waals surface area contributed by atoms with Crippen molar-refractivity contribution in [2.45, 2.75) is 44.8 Å². The van der Waals surface area contributed by atoms with Gasteiger partial charge < -0.3 is 19.0 Å². The third-order valence-corrected chi connectivity index (χ3v) is 5.54. The quantitative estimate of drug-likeness (QED) is 0.809. The number of piperidine rings is 2. The van der Waals surface area contributed by atoms with Crippen molar-refractivity contribution in [3.63, 3.8) is 0 Å². The number of aromatic nitrogens is 1. The first-order valence-electron chi connectivity index (χ1n) is 9.95.